The quantitative estimate of drug-likeness (QED) is 0.850. The number of hydrogen-bond acceptors (Lipinski definition) is 3. The molecule has 2 rings (SSSR count). The van der Waals surface area contributed by atoms with E-state index >= 15 is 0 Å². The van der Waals surface area contributed by atoms with Gasteiger partial charge in [0.15, 0.2) is 0 Å². The Balaban J connectivity index is 1.98. The lowest BCUT2D eigenvalue weighted by Gasteiger charge is -2.17. The van der Waals surface area contributed by atoms with Crippen molar-refractivity contribution < 1.29 is 4.42 Å². The second kappa shape index (κ2) is 4.64. The van der Waals surface area contributed by atoms with Crippen molar-refractivity contribution in [1.29, 1.82) is 0 Å². The fourth-order valence-corrected chi connectivity index (χ4v) is 2.36. The Morgan fingerprint density at radius 2 is 2.07 bits per heavy atom. The van der Waals surface area contributed by atoms with Gasteiger partial charge in [0.1, 0.15) is 5.76 Å². The first kappa shape index (κ1) is 10.5. The lowest BCUT2D eigenvalue weighted by atomic mass is 10.2. The monoisotopic (exact) mass is 221 g/mol. The van der Waals surface area contributed by atoms with E-state index in [4.69, 9.17) is 4.42 Å². The van der Waals surface area contributed by atoms with Crippen molar-refractivity contribution in [3.63, 3.8) is 0 Å². The molecule has 1 N–H and O–H groups in total. The zero-order valence-electron chi connectivity index (χ0n) is 8.94. The average Bonchev–Trinajstić information content (AvgIpc) is 2.91. The summed E-state index contributed by atoms with van der Waals surface area (Å²) in [6.07, 6.45) is 1.71. The molecule has 2 atom stereocenters. The van der Waals surface area contributed by atoms with Gasteiger partial charge in [-0.15, -0.1) is 11.3 Å². The second-order valence-electron chi connectivity index (χ2n) is 3.64. The minimum absolute atomic E-state index is 0.247. The molecule has 0 radical (unpaired) electrons. The smallest absolute Gasteiger partial charge is 0.120 e. The summed E-state index contributed by atoms with van der Waals surface area (Å²) in [6.45, 7) is 4.29. The van der Waals surface area contributed by atoms with E-state index in [0.717, 1.165) is 5.76 Å². The largest absolute Gasteiger partial charge is 0.468 e. The van der Waals surface area contributed by atoms with Crippen LogP contribution < -0.4 is 5.32 Å². The number of hydrogen-bond donors (Lipinski definition) is 1. The van der Waals surface area contributed by atoms with Crippen LogP contribution in [-0.2, 0) is 0 Å². The molecule has 2 nitrogen and oxygen atoms in total. The summed E-state index contributed by atoms with van der Waals surface area (Å²) in [5.74, 6) is 0.985. The summed E-state index contributed by atoms with van der Waals surface area (Å²) >= 11 is 1.78. The van der Waals surface area contributed by atoms with Crippen LogP contribution in [0.3, 0.4) is 0 Å². The molecule has 0 saturated carbocycles. The van der Waals surface area contributed by atoms with Crippen LogP contribution in [0, 0.1) is 0 Å². The second-order valence-corrected chi connectivity index (χ2v) is 4.62. The lowest BCUT2D eigenvalue weighted by Crippen LogP contribution is -2.21. The van der Waals surface area contributed by atoms with Gasteiger partial charge in [0, 0.05) is 10.9 Å². The van der Waals surface area contributed by atoms with E-state index in [2.05, 4.69) is 36.7 Å². The zero-order chi connectivity index (χ0) is 10.7. The minimum atomic E-state index is 0.247. The van der Waals surface area contributed by atoms with Crippen LogP contribution in [0.15, 0.2) is 40.3 Å². The molecule has 2 heterocycles. The van der Waals surface area contributed by atoms with Gasteiger partial charge in [0.2, 0.25) is 0 Å². The standard InChI is InChI=1S/C12H15NOS/c1-9(11-5-3-7-14-11)13-10(2)12-6-4-8-15-12/h3-10,13H,1-2H3/t9-,10?/m1/s1. The zero-order valence-corrected chi connectivity index (χ0v) is 9.75. The lowest BCUT2D eigenvalue weighted by molar-refractivity contribution is 0.405. The molecule has 0 saturated heterocycles. The van der Waals surface area contributed by atoms with Crippen LogP contribution in [0.2, 0.25) is 0 Å². The fourth-order valence-electron chi connectivity index (χ4n) is 1.61. The number of rotatable bonds is 4. The molecular formula is C12H15NOS. The molecule has 0 aliphatic carbocycles. The minimum Gasteiger partial charge on any atom is -0.468 e. The third-order valence-corrected chi connectivity index (χ3v) is 3.49. The maximum absolute atomic E-state index is 5.35. The van der Waals surface area contributed by atoms with E-state index in [-0.39, 0.29) is 6.04 Å². The van der Waals surface area contributed by atoms with Crippen LogP contribution in [0.5, 0.6) is 0 Å². The van der Waals surface area contributed by atoms with Gasteiger partial charge in [0.05, 0.1) is 12.3 Å². The van der Waals surface area contributed by atoms with Gasteiger partial charge in [-0.2, -0.15) is 0 Å². The van der Waals surface area contributed by atoms with Gasteiger partial charge >= 0.3 is 0 Å². The Hall–Kier alpha value is -1.06. The van der Waals surface area contributed by atoms with Crippen molar-refractivity contribution in [2.45, 2.75) is 25.9 Å². The Labute approximate surface area is 93.9 Å². The molecule has 0 bridgehead atoms. The molecular weight excluding hydrogens is 206 g/mol. The molecule has 1 unspecified atom stereocenters. The van der Waals surface area contributed by atoms with Gasteiger partial charge in [0.25, 0.3) is 0 Å². The molecule has 0 aliphatic heterocycles. The van der Waals surface area contributed by atoms with Crippen molar-refractivity contribution in [3.05, 3.63) is 46.5 Å². The summed E-state index contributed by atoms with van der Waals surface area (Å²) in [6, 6.07) is 8.76. The fraction of sp³-hybridized carbons (Fsp3) is 0.333. The summed E-state index contributed by atoms with van der Waals surface area (Å²) in [5.41, 5.74) is 0. The third-order valence-electron chi connectivity index (χ3n) is 2.44. The maximum atomic E-state index is 5.35. The van der Waals surface area contributed by atoms with Gasteiger partial charge in [-0.3, -0.25) is 0 Å². The Bertz CT molecular complexity index is 341. The van der Waals surface area contributed by atoms with Crippen LogP contribution in [0.25, 0.3) is 0 Å². The maximum Gasteiger partial charge on any atom is 0.120 e. The normalized spacial score (nSPS) is 15.1. The number of thiophene rings is 1. The first-order valence-electron chi connectivity index (χ1n) is 5.10. The van der Waals surface area contributed by atoms with E-state index < -0.39 is 0 Å². The van der Waals surface area contributed by atoms with Crippen LogP contribution in [0.4, 0.5) is 0 Å². The molecule has 2 aromatic heterocycles. The Morgan fingerprint density at radius 3 is 2.67 bits per heavy atom. The first-order chi connectivity index (χ1) is 7.27. The highest BCUT2D eigenvalue weighted by Crippen LogP contribution is 2.22. The molecule has 3 heteroatoms. The number of nitrogens with one attached hydrogen (secondary N) is 1. The molecule has 80 valence electrons. The van der Waals surface area contributed by atoms with E-state index in [1.54, 1.807) is 17.6 Å². The first-order valence-corrected chi connectivity index (χ1v) is 5.98. The topological polar surface area (TPSA) is 25.2 Å². The molecule has 15 heavy (non-hydrogen) atoms. The average molecular weight is 221 g/mol. The molecule has 0 aromatic carbocycles. The van der Waals surface area contributed by atoms with Crippen molar-refractivity contribution in [2.75, 3.05) is 0 Å². The third kappa shape index (κ3) is 2.49. The summed E-state index contributed by atoms with van der Waals surface area (Å²) in [5, 5.41) is 5.60. The van der Waals surface area contributed by atoms with E-state index in [1.165, 1.54) is 4.88 Å². The highest BCUT2D eigenvalue weighted by Gasteiger charge is 2.13. The van der Waals surface area contributed by atoms with Crippen LogP contribution >= 0.6 is 11.3 Å². The predicted molar refractivity (Wildman–Crippen MR) is 63.0 cm³/mol. The van der Waals surface area contributed by atoms with Crippen molar-refractivity contribution in [1.82, 2.24) is 5.32 Å². The van der Waals surface area contributed by atoms with Gasteiger partial charge in [-0.25, -0.2) is 0 Å². The highest BCUT2D eigenvalue weighted by molar-refractivity contribution is 7.10. The van der Waals surface area contributed by atoms with E-state index in [0.29, 0.717) is 6.04 Å². The Kier molecular flexibility index (Phi) is 3.23. The van der Waals surface area contributed by atoms with Gasteiger partial charge in [-0.1, -0.05) is 6.07 Å². The molecule has 0 aliphatic rings. The molecule has 2 aromatic rings. The van der Waals surface area contributed by atoms with Crippen LogP contribution in [0.1, 0.15) is 36.6 Å². The molecule has 0 amide bonds. The summed E-state index contributed by atoms with van der Waals surface area (Å²) < 4.78 is 5.35. The van der Waals surface area contributed by atoms with E-state index in [9.17, 15) is 0 Å². The predicted octanol–water partition coefficient (Wildman–Crippen LogP) is 3.75. The van der Waals surface area contributed by atoms with Gasteiger partial charge < -0.3 is 9.73 Å². The van der Waals surface area contributed by atoms with Crippen molar-refractivity contribution in [3.8, 4) is 0 Å². The summed E-state index contributed by atoms with van der Waals surface area (Å²) in [7, 11) is 0. The van der Waals surface area contributed by atoms with E-state index in [1.807, 2.05) is 12.1 Å². The van der Waals surface area contributed by atoms with Gasteiger partial charge in [-0.05, 0) is 37.4 Å². The Morgan fingerprint density at radius 1 is 1.20 bits per heavy atom. The molecule has 0 spiro atoms. The SMILES string of the molecule is CC(N[C@H](C)c1ccco1)c1cccs1. The van der Waals surface area contributed by atoms with Crippen LogP contribution in [-0.4, -0.2) is 0 Å². The highest BCUT2D eigenvalue weighted by atomic mass is 32.1. The molecule has 0 fully saturated rings. The summed E-state index contributed by atoms with van der Waals surface area (Å²) in [4.78, 5) is 1.36. The van der Waals surface area contributed by atoms with Crippen molar-refractivity contribution >= 4 is 11.3 Å². The van der Waals surface area contributed by atoms with Crippen molar-refractivity contribution in [2.24, 2.45) is 0 Å². The number of furan rings is 1.